The van der Waals surface area contributed by atoms with Gasteiger partial charge in [-0.1, -0.05) is 60.1 Å². The maximum absolute atomic E-state index is 13.5. The molecule has 0 spiro atoms. The molecule has 0 fully saturated rings. The number of halogens is 1. The van der Waals surface area contributed by atoms with Crippen molar-refractivity contribution in [3.05, 3.63) is 101 Å². The normalized spacial score (nSPS) is 16.2. The quantitative estimate of drug-likeness (QED) is 0.439. The first kappa shape index (κ1) is 19.6. The smallest absolute Gasteiger partial charge is 0.251 e. The summed E-state index contributed by atoms with van der Waals surface area (Å²) in [5.41, 5.74) is 5.71. The van der Waals surface area contributed by atoms with E-state index >= 15 is 0 Å². The number of para-hydroxylation sites is 1. The number of hydrogen-bond acceptors (Lipinski definition) is 2. The first-order valence-electron chi connectivity index (χ1n) is 10.3. The van der Waals surface area contributed by atoms with Crippen LogP contribution in [0.3, 0.4) is 0 Å². The van der Waals surface area contributed by atoms with Crippen LogP contribution in [-0.4, -0.2) is 29.3 Å². The molecule has 0 saturated heterocycles. The molecule has 1 aromatic heterocycles. The third kappa shape index (κ3) is 3.43. The minimum Gasteiger partial charge on any atom is -0.350 e. The number of aliphatic imine (C=N–C) groups is 1. The summed E-state index contributed by atoms with van der Waals surface area (Å²) in [5, 5.41) is 1.78. The van der Waals surface area contributed by atoms with E-state index < -0.39 is 6.04 Å². The van der Waals surface area contributed by atoms with Crippen molar-refractivity contribution in [3.63, 3.8) is 0 Å². The van der Waals surface area contributed by atoms with Crippen molar-refractivity contribution >= 4 is 39.8 Å². The van der Waals surface area contributed by atoms with E-state index in [1.807, 2.05) is 74.8 Å². The van der Waals surface area contributed by atoms with E-state index in [-0.39, 0.29) is 5.91 Å². The fraction of sp³-hybridized carbons (Fsp3) is 0.154. The minimum atomic E-state index is -0.530. The van der Waals surface area contributed by atoms with Gasteiger partial charge in [0.25, 0.3) is 5.91 Å². The molecule has 1 aliphatic heterocycles. The number of nitrogens with zero attached hydrogens (tertiary/aromatic N) is 3. The maximum Gasteiger partial charge on any atom is 0.251 e. The molecule has 0 bridgehead atoms. The predicted octanol–water partition coefficient (Wildman–Crippen LogP) is 5.26. The molecule has 31 heavy (non-hydrogen) atoms. The molecule has 5 rings (SSSR count). The van der Waals surface area contributed by atoms with Crippen molar-refractivity contribution in [2.45, 2.75) is 12.5 Å². The van der Waals surface area contributed by atoms with E-state index in [4.69, 9.17) is 16.6 Å². The fourth-order valence-corrected chi connectivity index (χ4v) is 4.54. The third-order valence-electron chi connectivity index (χ3n) is 5.92. The molecule has 154 valence electrons. The van der Waals surface area contributed by atoms with Crippen molar-refractivity contribution in [1.29, 1.82) is 0 Å². The summed E-state index contributed by atoms with van der Waals surface area (Å²) >= 11 is 6.34. The van der Waals surface area contributed by atoms with Gasteiger partial charge in [-0.15, -0.1) is 0 Å². The SMILES string of the molecule is CN1C(=O)C(Cc2cn(C)c3ccccc23)N=C(c2ccccc2)c2cc(Cl)ccc21. The van der Waals surface area contributed by atoms with E-state index in [9.17, 15) is 4.79 Å². The van der Waals surface area contributed by atoms with Crippen LogP contribution in [-0.2, 0) is 18.3 Å². The van der Waals surface area contributed by atoms with E-state index in [0.29, 0.717) is 11.4 Å². The van der Waals surface area contributed by atoms with Crippen LogP contribution in [0.25, 0.3) is 10.9 Å². The zero-order valence-corrected chi connectivity index (χ0v) is 18.2. The highest BCUT2D eigenvalue weighted by Crippen LogP contribution is 2.31. The van der Waals surface area contributed by atoms with Gasteiger partial charge in [0.2, 0.25) is 0 Å². The molecule has 4 aromatic rings. The van der Waals surface area contributed by atoms with E-state index in [2.05, 4.69) is 22.9 Å². The number of likely N-dealkylation sites (N-methyl/N-ethyl adjacent to an activating group) is 1. The molecule has 0 aliphatic carbocycles. The number of rotatable bonds is 3. The van der Waals surface area contributed by atoms with Gasteiger partial charge >= 0.3 is 0 Å². The van der Waals surface area contributed by atoms with Gasteiger partial charge in [0.15, 0.2) is 0 Å². The number of benzene rings is 3. The summed E-state index contributed by atoms with van der Waals surface area (Å²) < 4.78 is 2.10. The Hall–Kier alpha value is -3.37. The zero-order chi connectivity index (χ0) is 21.5. The molecule has 1 amide bonds. The highest BCUT2D eigenvalue weighted by molar-refractivity contribution is 6.32. The molecule has 1 aliphatic rings. The molecular formula is C26H22ClN3O. The first-order valence-corrected chi connectivity index (χ1v) is 10.6. The van der Waals surface area contributed by atoms with Crippen molar-refractivity contribution in [3.8, 4) is 0 Å². The molecule has 1 atom stereocenters. The summed E-state index contributed by atoms with van der Waals surface area (Å²) in [5.74, 6) is -0.0255. The van der Waals surface area contributed by atoms with E-state index in [1.165, 1.54) is 0 Å². The highest BCUT2D eigenvalue weighted by Gasteiger charge is 2.31. The Morgan fingerprint density at radius 2 is 1.71 bits per heavy atom. The second kappa shape index (κ2) is 7.71. The lowest BCUT2D eigenvalue weighted by molar-refractivity contribution is -0.119. The van der Waals surface area contributed by atoms with Gasteiger partial charge in [-0.3, -0.25) is 9.79 Å². The lowest BCUT2D eigenvalue weighted by Gasteiger charge is -2.20. The molecule has 0 N–H and O–H groups in total. The molecule has 1 unspecified atom stereocenters. The van der Waals surface area contributed by atoms with Crippen molar-refractivity contribution in [2.75, 3.05) is 11.9 Å². The average molecular weight is 428 g/mol. The lowest BCUT2D eigenvalue weighted by Crippen LogP contribution is -2.36. The van der Waals surface area contributed by atoms with E-state index in [0.717, 1.165) is 39.0 Å². The Morgan fingerprint density at radius 3 is 2.52 bits per heavy atom. The first-order chi connectivity index (χ1) is 15.0. The molecule has 2 heterocycles. The Labute approximate surface area is 186 Å². The Morgan fingerprint density at radius 1 is 0.968 bits per heavy atom. The number of carbonyl (C=O) groups excluding carboxylic acids is 1. The number of anilines is 1. The Balaban J connectivity index is 1.67. The summed E-state index contributed by atoms with van der Waals surface area (Å²) in [6.45, 7) is 0. The summed E-state index contributed by atoms with van der Waals surface area (Å²) in [7, 11) is 3.85. The predicted molar refractivity (Wildman–Crippen MR) is 127 cm³/mol. The van der Waals surface area contributed by atoms with Gasteiger partial charge in [-0.2, -0.15) is 0 Å². The number of amides is 1. The number of aromatic nitrogens is 1. The minimum absolute atomic E-state index is 0.0255. The van der Waals surface area contributed by atoms with Gasteiger partial charge in [0.1, 0.15) is 6.04 Å². The zero-order valence-electron chi connectivity index (χ0n) is 17.4. The Bertz CT molecular complexity index is 1320. The molecular weight excluding hydrogens is 406 g/mol. The van der Waals surface area contributed by atoms with Gasteiger partial charge in [-0.25, -0.2) is 0 Å². The second-order valence-corrected chi connectivity index (χ2v) is 8.34. The topological polar surface area (TPSA) is 37.6 Å². The number of fused-ring (bicyclic) bond motifs is 2. The van der Waals surface area contributed by atoms with Crippen molar-refractivity contribution < 1.29 is 4.79 Å². The number of hydrogen-bond donors (Lipinski definition) is 0. The third-order valence-corrected chi connectivity index (χ3v) is 6.15. The number of benzodiazepines with no additional fused rings is 1. The fourth-order valence-electron chi connectivity index (χ4n) is 4.37. The van der Waals surface area contributed by atoms with Crippen LogP contribution >= 0.6 is 11.6 Å². The van der Waals surface area contributed by atoms with Crippen molar-refractivity contribution in [2.24, 2.45) is 12.0 Å². The molecule has 4 nitrogen and oxygen atoms in total. The van der Waals surface area contributed by atoms with Crippen LogP contribution in [0.15, 0.2) is 84.0 Å². The van der Waals surface area contributed by atoms with Crippen LogP contribution in [0.1, 0.15) is 16.7 Å². The summed E-state index contributed by atoms with van der Waals surface area (Å²) in [6, 6.07) is 23.3. The number of carbonyl (C=O) groups is 1. The van der Waals surface area contributed by atoms with Crippen LogP contribution < -0.4 is 4.90 Å². The molecule has 0 saturated carbocycles. The van der Waals surface area contributed by atoms with Gasteiger partial charge in [0, 0.05) is 53.8 Å². The monoisotopic (exact) mass is 427 g/mol. The van der Waals surface area contributed by atoms with Gasteiger partial charge in [0.05, 0.1) is 11.4 Å². The van der Waals surface area contributed by atoms with E-state index in [1.54, 1.807) is 4.90 Å². The van der Waals surface area contributed by atoms with Crippen LogP contribution in [0, 0.1) is 0 Å². The molecule has 0 radical (unpaired) electrons. The molecule has 3 aromatic carbocycles. The van der Waals surface area contributed by atoms with Crippen LogP contribution in [0.2, 0.25) is 5.02 Å². The standard InChI is InChI=1S/C26H22ClN3O/c1-29-16-18(20-10-6-7-11-23(20)29)14-22-26(31)30(2)24-13-12-19(27)15-21(24)25(28-22)17-8-4-3-5-9-17/h3-13,15-16,22H,14H2,1-2H3. The largest absolute Gasteiger partial charge is 0.350 e. The summed E-state index contributed by atoms with van der Waals surface area (Å²) in [4.78, 5) is 20.2. The van der Waals surface area contributed by atoms with Crippen LogP contribution in [0.5, 0.6) is 0 Å². The maximum atomic E-state index is 13.5. The van der Waals surface area contributed by atoms with Crippen LogP contribution in [0.4, 0.5) is 5.69 Å². The van der Waals surface area contributed by atoms with Gasteiger partial charge < -0.3 is 9.47 Å². The average Bonchev–Trinajstić information content (AvgIpc) is 3.06. The number of aryl methyl sites for hydroxylation is 1. The second-order valence-electron chi connectivity index (χ2n) is 7.90. The van der Waals surface area contributed by atoms with Gasteiger partial charge in [-0.05, 0) is 29.8 Å². The molecule has 5 heteroatoms. The lowest BCUT2D eigenvalue weighted by atomic mass is 10.00. The Kier molecular flexibility index (Phi) is 4.87. The van der Waals surface area contributed by atoms with Crippen molar-refractivity contribution in [1.82, 2.24) is 4.57 Å². The highest BCUT2D eigenvalue weighted by atomic mass is 35.5. The summed E-state index contributed by atoms with van der Waals surface area (Å²) in [6.07, 6.45) is 2.63.